The molecule has 0 bridgehead atoms. The zero-order valence-electron chi connectivity index (χ0n) is 15.8. The van der Waals surface area contributed by atoms with Crippen LogP contribution in [0.25, 0.3) is 11.0 Å². The number of furan rings is 1. The average molecular weight is 381 g/mol. The molecule has 0 saturated heterocycles. The maximum absolute atomic E-state index is 13.0. The molecule has 1 aromatic heterocycles. The summed E-state index contributed by atoms with van der Waals surface area (Å²) in [6.45, 7) is 0.840. The summed E-state index contributed by atoms with van der Waals surface area (Å²) in [4.78, 5) is 25.5. The number of fused-ring (bicyclic) bond motifs is 1. The summed E-state index contributed by atoms with van der Waals surface area (Å²) in [5.41, 5.74) is 2.48. The molecule has 0 fully saturated rings. The molecule has 3 rings (SSSR count). The number of carbonyl (C=O) groups excluding carboxylic acids is 1. The zero-order chi connectivity index (χ0) is 19.9. The molecule has 1 heterocycles. The van der Waals surface area contributed by atoms with Crippen LogP contribution in [0.2, 0.25) is 0 Å². The maximum Gasteiger partial charge on any atom is 0.303 e. The van der Waals surface area contributed by atoms with E-state index in [1.54, 1.807) is 24.3 Å². The number of nitrogens with zero attached hydrogens (tertiary/aromatic N) is 1. The summed E-state index contributed by atoms with van der Waals surface area (Å²) < 4.78 is 10.8. The predicted molar refractivity (Wildman–Crippen MR) is 105 cm³/mol. The van der Waals surface area contributed by atoms with Crippen molar-refractivity contribution >= 4 is 22.8 Å². The lowest BCUT2D eigenvalue weighted by molar-refractivity contribution is -0.138. The van der Waals surface area contributed by atoms with Crippen LogP contribution in [0.5, 0.6) is 5.75 Å². The first-order valence-corrected chi connectivity index (χ1v) is 9.14. The highest BCUT2D eigenvalue weighted by atomic mass is 16.5. The van der Waals surface area contributed by atoms with Crippen molar-refractivity contribution in [1.82, 2.24) is 4.90 Å². The number of carbonyl (C=O) groups is 2. The number of hydrogen-bond acceptors (Lipinski definition) is 4. The molecule has 0 aliphatic rings. The number of amides is 1. The maximum atomic E-state index is 13.0. The van der Waals surface area contributed by atoms with Crippen LogP contribution in [-0.2, 0) is 22.6 Å². The number of ether oxygens (including phenoxy) is 1. The van der Waals surface area contributed by atoms with Crippen LogP contribution in [0, 0.1) is 0 Å². The molecule has 3 aromatic rings. The summed E-state index contributed by atoms with van der Waals surface area (Å²) in [5, 5.41) is 9.77. The van der Waals surface area contributed by atoms with Crippen LogP contribution in [0.3, 0.4) is 0 Å². The molecule has 0 unspecified atom stereocenters. The third-order valence-electron chi connectivity index (χ3n) is 4.59. The third kappa shape index (κ3) is 4.91. The van der Waals surface area contributed by atoms with Gasteiger partial charge in [-0.2, -0.15) is 0 Å². The van der Waals surface area contributed by atoms with E-state index in [1.165, 1.54) is 0 Å². The number of rotatable bonds is 9. The summed E-state index contributed by atoms with van der Waals surface area (Å²) >= 11 is 0. The number of benzene rings is 2. The van der Waals surface area contributed by atoms with Crippen LogP contribution < -0.4 is 4.74 Å². The van der Waals surface area contributed by atoms with Crippen LogP contribution in [0.15, 0.2) is 59.2 Å². The molecule has 6 nitrogen and oxygen atoms in total. The smallest absolute Gasteiger partial charge is 0.303 e. The number of methoxy groups -OCH3 is 1. The Hall–Kier alpha value is -3.28. The third-order valence-corrected chi connectivity index (χ3v) is 4.59. The minimum atomic E-state index is -0.859. The lowest BCUT2D eigenvalue weighted by Gasteiger charge is -2.22. The second-order valence-corrected chi connectivity index (χ2v) is 6.60. The van der Waals surface area contributed by atoms with Gasteiger partial charge in [0.05, 0.1) is 19.8 Å². The minimum Gasteiger partial charge on any atom is -0.497 e. The van der Waals surface area contributed by atoms with E-state index < -0.39 is 5.97 Å². The molecule has 6 heteroatoms. The molecule has 0 aliphatic carbocycles. The van der Waals surface area contributed by atoms with Gasteiger partial charge in [0.15, 0.2) is 0 Å². The van der Waals surface area contributed by atoms with Crippen molar-refractivity contribution in [1.29, 1.82) is 0 Å². The molecule has 0 radical (unpaired) electrons. The molecule has 0 aliphatic heterocycles. The fourth-order valence-corrected chi connectivity index (χ4v) is 3.12. The minimum absolute atomic E-state index is 0.0347. The normalized spacial score (nSPS) is 10.8. The molecule has 0 atom stereocenters. The van der Waals surface area contributed by atoms with E-state index in [4.69, 9.17) is 14.3 Å². The summed E-state index contributed by atoms with van der Waals surface area (Å²) in [6.07, 6.45) is 2.24. The second-order valence-electron chi connectivity index (χ2n) is 6.60. The van der Waals surface area contributed by atoms with E-state index in [0.717, 1.165) is 16.5 Å². The molecule has 1 amide bonds. The Labute approximate surface area is 163 Å². The lowest BCUT2D eigenvalue weighted by atomic mass is 10.1. The highest BCUT2D eigenvalue weighted by Crippen LogP contribution is 2.26. The highest BCUT2D eigenvalue weighted by molar-refractivity contribution is 5.88. The molecule has 146 valence electrons. The van der Waals surface area contributed by atoms with Gasteiger partial charge in [0.25, 0.3) is 0 Å². The van der Waals surface area contributed by atoms with Gasteiger partial charge < -0.3 is 19.2 Å². The number of aliphatic carboxylic acids is 1. The fourth-order valence-electron chi connectivity index (χ4n) is 3.12. The first-order chi connectivity index (χ1) is 13.6. The largest absolute Gasteiger partial charge is 0.497 e. The summed E-state index contributed by atoms with van der Waals surface area (Å²) in [6, 6.07) is 15.2. The van der Waals surface area contributed by atoms with E-state index in [-0.39, 0.29) is 18.7 Å². The Morgan fingerprint density at radius 3 is 2.64 bits per heavy atom. The molecule has 0 spiro atoms. The Morgan fingerprint density at radius 2 is 1.93 bits per heavy atom. The van der Waals surface area contributed by atoms with Crippen molar-refractivity contribution < 1.29 is 23.8 Å². The second kappa shape index (κ2) is 9.08. The Bertz CT molecular complexity index is 948. The SMILES string of the molecule is COc1ccc2c(CC(=O)N(CCCC(=O)O)Cc3ccccc3)coc2c1. The molecule has 1 N–H and O–H groups in total. The van der Waals surface area contributed by atoms with E-state index in [2.05, 4.69) is 0 Å². The van der Waals surface area contributed by atoms with Crippen LogP contribution >= 0.6 is 0 Å². The average Bonchev–Trinajstić information content (AvgIpc) is 3.09. The van der Waals surface area contributed by atoms with E-state index >= 15 is 0 Å². The molecule has 2 aromatic carbocycles. The quantitative estimate of drug-likeness (QED) is 0.608. The summed E-state index contributed by atoms with van der Waals surface area (Å²) in [7, 11) is 1.59. The van der Waals surface area contributed by atoms with E-state index in [0.29, 0.717) is 30.8 Å². The van der Waals surface area contributed by atoms with Gasteiger partial charge in [-0.3, -0.25) is 9.59 Å². The van der Waals surface area contributed by atoms with Crippen LogP contribution in [-0.4, -0.2) is 35.5 Å². The Morgan fingerprint density at radius 1 is 1.14 bits per heavy atom. The molecular formula is C22H23NO5. The summed E-state index contributed by atoms with van der Waals surface area (Å²) in [5.74, 6) is -0.228. The van der Waals surface area contributed by atoms with Gasteiger partial charge in [0.1, 0.15) is 11.3 Å². The van der Waals surface area contributed by atoms with Crippen molar-refractivity contribution in [3.8, 4) is 5.75 Å². The van der Waals surface area contributed by atoms with Crippen LogP contribution in [0.4, 0.5) is 0 Å². The van der Waals surface area contributed by atoms with Crippen molar-refractivity contribution in [2.75, 3.05) is 13.7 Å². The predicted octanol–water partition coefficient (Wildman–Crippen LogP) is 3.88. The van der Waals surface area contributed by atoms with Crippen molar-refractivity contribution in [3.05, 3.63) is 65.9 Å². The first-order valence-electron chi connectivity index (χ1n) is 9.14. The monoisotopic (exact) mass is 381 g/mol. The van der Waals surface area contributed by atoms with Gasteiger partial charge in [-0.25, -0.2) is 0 Å². The van der Waals surface area contributed by atoms with Crippen LogP contribution in [0.1, 0.15) is 24.0 Å². The van der Waals surface area contributed by atoms with Gasteiger partial charge in [0, 0.05) is 36.5 Å². The van der Waals surface area contributed by atoms with Gasteiger partial charge >= 0.3 is 5.97 Å². The van der Waals surface area contributed by atoms with Gasteiger partial charge in [-0.05, 0) is 24.1 Å². The number of hydrogen-bond donors (Lipinski definition) is 1. The number of carboxylic acids is 1. The van der Waals surface area contributed by atoms with Crippen molar-refractivity contribution in [2.24, 2.45) is 0 Å². The Balaban J connectivity index is 1.75. The molecule has 0 saturated carbocycles. The molecule has 28 heavy (non-hydrogen) atoms. The van der Waals surface area contributed by atoms with Gasteiger partial charge in [-0.15, -0.1) is 0 Å². The van der Waals surface area contributed by atoms with Crippen molar-refractivity contribution in [3.63, 3.8) is 0 Å². The standard InChI is InChI=1S/C22H23NO5/c1-27-18-9-10-19-17(15-28-20(19)13-18)12-21(24)23(11-5-8-22(25)26)14-16-6-3-2-4-7-16/h2-4,6-7,9-10,13,15H,5,8,11-12,14H2,1H3,(H,25,26). The number of carboxylic acid groups (broad SMARTS) is 1. The van der Waals surface area contributed by atoms with E-state index in [1.807, 2.05) is 42.5 Å². The Kier molecular flexibility index (Phi) is 6.32. The molecular weight excluding hydrogens is 358 g/mol. The first kappa shape index (κ1) is 19.5. The highest BCUT2D eigenvalue weighted by Gasteiger charge is 2.18. The van der Waals surface area contributed by atoms with Crippen molar-refractivity contribution in [2.45, 2.75) is 25.8 Å². The topological polar surface area (TPSA) is 80.0 Å². The zero-order valence-corrected chi connectivity index (χ0v) is 15.8. The fraction of sp³-hybridized carbons (Fsp3) is 0.273. The van der Waals surface area contributed by atoms with Gasteiger partial charge in [0.2, 0.25) is 5.91 Å². The lowest BCUT2D eigenvalue weighted by Crippen LogP contribution is -2.33. The van der Waals surface area contributed by atoms with Gasteiger partial charge in [-0.1, -0.05) is 30.3 Å². The van der Waals surface area contributed by atoms with E-state index in [9.17, 15) is 9.59 Å².